The molecular weight excluding hydrogens is 1150 g/mol. The van der Waals surface area contributed by atoms with Crippen LogP contribution >= 0.6 is 0 Å². The minimum Gasteiger partial charge on any atom is -0.481 e. The number of Topliss-reactive ketones (excluding diaryl/α,β-unsaturated/α-hetero) is 1. The standard InChI is InChI=1S/C39H58N2O12.C12H17NO2.C10H16O3.C4H11N.C2H6O/c1-12-37(4,5)28(35(49)52-19-18-40-30(42)23-14-16-24(17-15-23)41(10)11)25(31(43)44)21-39(8,9)29(34(48)51-13-2)26(32(45)46)20-38(6,7)27-22(3)33(47)53-36(27)50;1-13(2)11-7-5-10(6-8-11)12(15)4-3-9-14;1-5-10(3,4)7-6(2)8(11)13-9(7)12;1-4(2)3-5;1-2-3/h14-17,22,25-29H,12-13,18-21H2,1-11H3,(H,40,42)(H,43,44)(H,45,46);5-8,14H,3-4,9H2,1-2H3;6-7H,5H2,1-4H3;4H,3,5H2,1-2H3;3H,2H2,1H3. The van der Waals surface area contributed by atoms with Gasteiger partial charge < -0.3 is 60.2 Å². The van der Waals surface area contributed by atoms with Crippen LogP contribution in [-0.4, -0.2) is 148 Å². The molecule has 0 saturated carbocycles. The lowest BCUT2D eigenvalue weighted by atomic mass is 9.59. The number of carbonyl (C=O) groups excluding carboxylic acids is 8. The maximum atomic E-state index is 13.8. The summed E-state index contributed by atoms with van der Waals surface area (Å²) in [4.78, 5) is 129. The molecule has 0 bridgehead atoms. The van der Waals surface area contributed by atoms with Crippen LogP contribution in [0.5, 0.6) is 0 Å². The van der Waals surface area contributed by atoms with Gasteiger partial charge in [0.2, 0.25) is 0 Å². The van der Waals surface area contributed by atoms with Gasteiger partial charge in [-0.25, -0.2) is 0 Å². The molecular formula is C67H108N4O18. The number of ether oxygens (including phenoxy) is 4. The molecule has 89 heavy (non-hydrogen) atoms. The molecule has 4 rings (SSSR count). The van der Waals surface area contributed by atoms with Crippen molar-refractivity contribution < 1.29 is 87.3 Å². The van der Waals surface area contributed by atoms with Crippen molar-refractivity contribution in [3.63, 3.8) is 0 Å². The van der Waals surface area contributed by atoms with Crippen LogP contribution in [0.1, 0.15) is 170 Å². The lowest BCUT2D eigenvalue weighted by Crippen LogP contribution is -2.48. The zero-order chi connectivity index (χ0) is 69.1. The quantitative estimate of drug-likeness (QED) is 0.0152. The number of rotatable bonds is 28. The second-order valence-corrected chi connectivity index (χ2v) is 26.2. The second kappa shape index (κ2) is 38.0. The Morgan fingerprint density at radius 2 is 1.00 bits per heavy atom. The number of esters is 6. The lowest BCUT2D eigenvalue weighted by Gasteiger charge is -2.43. The number of aliphatic hydroxyl groups excluding tert-OH is 2. The third kappa shape index (κ3) is 25.6. The fourth-order valence-electron chi connectivity index (χ4n) is 10.7. The Bertz CT molecular complexity index is 2610. The van der Waals surface area contributed by atoms with Gasteiger partial charge in [0.1, 0.15) is 6.61 Å². The number of nitrogens with one attached hydrogen (secondary N) is 1. The number of nitrogens with zero attached hydrogens (tertiary/aromatic N) is 2. The molecule has 0 spiro atoms. The summed E-state index contributed by atoms with van der Waals surface area (Å²) in [6, 6.07) is 14.4. The van der Waals surface area contributed by atoms with Gasteiger partial charge in [0.05, 0.1) is 60.5 Å². The number of hydrogen-bond donors (Lipinski definition) is 6. The van der Waals surface area contributed by atoms with E-state index in [4.69, 9.17) is 30.2 Å². The van der Waals surface area contributed by atoms with Crippen LogP contribution in [0.25, 0.3) is 0 Å². The number of nitrogens with two attached hydrogens (primary N) is 1. The average Bonchev–Trinajstić information content (AvgIpc) is 3.28. The van der Waals surface area contributed by atoms with Crippen LogP contribution in [0.3, 0.4) is 0 Å². The van der Waals surface area contributed by atoms with E-state index in [2.05, 4.69) is 23.9 Å². The van der Waals surface area contributed by atoms with E-state index >= 15 is 0 Å². The van der Waals surface area contributed by atoms with Gasteiger partial charge in [0, 0.05) is 70.3 Å². The van der Waals surface area contributed by atoms with Crippen molar-refractivity contribution in [2.24, 2.45) is 80.7 Å². The third-order valence-corrected chi connectivity index (χ3v) is 16.6. The van der Waals surface area contributed by atoms with Crippen LogP contribution in [0, 0.1) is 74.9 Å². The molecule has 2 aromatic rings. The average molecular weight is 1260 g/mol. The first-order valence-electron chi connectivity index (χ1n) is 30.7. The summed E-state index contributed by atoms with van der Waals surface area (Å²) < 4.78 is 20.4. The molecule has 0 aliphatic carbocycles. The minimum absolute atomic E-state index is 0.0394. The van der Waals surface area contributed by atoms with Crippen LogP contribution in [-0.2, 0) is 57.3 Å². The van der Waals surface area contributed by atoms with Crippen molar-refractivity contribution in [3.05, 3.63) is 59.7 Å². The van der Waals surface area contributed by atoms with Gasteiger partial charge >= 0.3 is 47.8 Å². The predicted molar refractivity (Wildman–Crippen MR) is 340 cm³/mol. The fraction of sp³-hybridized carbons (Fsp3) is 0.672. The van der Waals surface area contributed by atoms with Crippen LogP contribution in [0.2, 0.25) is 0 Å². The molecule has 2 aromatic carbocycles. The minimum atomic E-state index is -1.48. The topological polar surface area (TPSA) is 333 Å². The Labute approximate surface area is 528 Å². The Balaban J connectivity index is 0.00000171. The number of carboxylic acids is 2. The van der Waals surface area contributed by atoms with E-state index < -0.39 is 87.6 Å². The molecule has 8 atom stereocenters. The van der Waals surface area contributed by atoms with Crippen molar-refractivity contribution in [1.29, 1.82) is 0 Å². The Hall–Kier alpha value is -6.78. The Kier molecular flexibility index (Phi) is 35.1. The highest BCUT2D eigenvalue weighted by Gasteiger charge is 2.56. The molecule has 2 fully saturated rings. The summed E-state index contributed by atoms with van der Waals surface area (Å²) >= 11 is 0. The highest BCUT2D eigenvalue weighted by Crippen LogP contribution is 2.50. The summed E-state index contributed by atoms with van der Waals surface area (Å²) in [6.07, 6.45) is 1.62. The number of carbonyl (C=O) groups is 10. The highest BCUT2D eigenvalue weighted by atomic mass is 16.6. The third-order valence-electron chi connectivity index (χ3n) is 16.6. The number of aliphatic carboxylic acids is 2. The van der Waals surface area contributed by atoms with Gasteiger partial charge in [-0.05, 0) is 116 Å². The highest BCUT2D eigenvalue weighted by molar-refractivity contribution is 5.98. The molecule has 0 radical (unpaired) electrons. The first-order chi connectivity index (χ1) is 41.2. The van der Waals surface area contributed by atoms with Gasteiger partial charge in [-0.1, -0.05) is 110 Å². The monoisotopic (exact) mass is 1260 g/mol. The molecule has 8 unspecified atom stereocenters. The fourth-order valence-corrected chi connectivity index (χ4v) is 10.7. The molecule has 7 N–H and O–H groups in total. The number of carboxylic acid groups (broad SMARTS) is 2. The van der Waals surface area contributed by atoms with Gasteiger partial charge in [-0.3, -0.25) is 47.9 Å². The smallest absolute Gasteiger partial charge is 0.318 e. The molecule has 2 saturated heterocycles. The largest absolute Gasteiger partial charge is 0.481 e. The normalized spacial score (nSPS) is 17.8. The van der Waals surface area contributed by atoms with Crippen molar-refractivity contribution in [3.8, 4) is 0 Å². The van der Waals surface area contributed by atoms with E-state index in [1.165, 1.54) is 6.92 Å². The zero-order valence-electron chi connectivity index (χ0n) is 56.8. The number of cyclic esters (lactones) is 4. The van der Waals surface area contributed by atoms with Gasteiger partial charge in [0.25, 0.3) is 5.91 Å². The van der Waals surface area contributed by atoms with Crippen LogP contribution in [0.15, 0.2) is 48.5 Å². The van der Waals surface area contributed by atoms with Crippen molar-refractivity contribution in [2.45, 2.75) is 149 Å². The summed E-state index contributed by atoms with van der Waals surface area (Å²) in [7, 11) is 7.68. The molecule has 504 valence electrons. The number of benzene rings is 2. The number of anilines is 2. The van der Waals surface area contributed by atoms with Crippen LogP contribution in [0.4, 0.5) is 11.4 Å². The van der Waals surface area contributed by atoms with Gasteiger partial charge in [0.15, 0.2) is 5.78 Å². The number of aliphatic hydroxyl groups is 2. The van der Waals surface area contributed by atoms with Gasteiger partial charge in [-0.2, -0.15) is 0 Å². The summed E-state index contributed by atoms with van der Waals surface area (Å²) in [5.41, 5.74) is 4.67. The van der Waals surface area contributed by atoms with Gasteiger partial charge in [-0.15, -0.1) is 0 Å². The SMILES string of the molecule is CC(C)CN.CCC(C)(C)C1C(=O)OC(=O)C1C.CCO.CCOC(=O)C(C(CC(C)(C)C1C(=O)OC(=O)C1C)C(=O)O)C(C)(C)CC(C(=O)O)C(C(=O)OCCNC(=O)c1ccc(N(C)C)cc1)C(C)(C)CC.CN(C)c1ccc(C(=O)CCCO)cc1. The van der Waals surface area contributed by atoms with Crippen molar-refractivity contribution in [2.75, 3.05) is 77.5 Å². The molecule has 2 aliphatic rings. The molecule has 1 amide bonds. The summed E-state index contributed by atoms with van der Waals surface area (Å²) in [5.74, 6) is -14.2. The van der Waals surface area contributed by atoms with E-state index in [1.807, 2.05) is 83.0 Å². The molecule has 0 aromatic heterocycles. The van der Waals surface area contributed by atoms with E-state index in [1.54, 1.807) is 93.5 Å². The molecule has 2 aliphatic heterocycles. The first-order valence-corrected chi connectivity index (χ1v) is 30.7. The molecule has 22 nitrogen and oxygen atoms in total. The predicted octanol–water partition coefficient (Wildman–Crippen LogP) is 8.89. The summed E-state index contributed by atoms with van der Waals surface area (Å²) in [6.45, 7) is 29.1. The Morgan fingerprint density at radius 3 is 1.35 bits per heavy atom. The second-order valence-electron chi connectivity index (χ2n) is 26.2. The zero-order valence-corrected chi connectivity index (χ0v) is 56.8. The van der Waals surface area contributed by atoms with Crippen molar-refractivity contribution >= 4 is 70.8 Å². The first kappa shape index (κ1) is 82.2. The van der Waals surface area contributed by atoms with E-state index in [-0.39, 0.29) is 86.7 Å². The summed E-state index contributed by atoms with van der Waals surface area (Å²) in [5, 5.41) is 40.1. The van der Waals surface area contributed by atoms with E-state index in [0.717, 1.165) is 24.3 Å². The Morgan fingerprint density at radius 1 is 0.607 bits per heavy atom. The van der Waals surface area contributed by atoms with Crippen LogP contribution < -0.4 is 20.9 Å². The number of amides is 1. The molecule has 2 heterocycles. The van der Waals surface area contributed by atoms with E-state index in [9.17, 15) is 58.2 Å². The number of ketones is 1. The maximum Gasteiger partial charge on any atom is 0.318 e. The maximum absolute atomic E-state index is 13.8. The van der Waals surface area contributed by atoms with Crippen molar-refractivity contribution in [1.82, 2.24) is 5.32 Å². The number of hydrogen-bond acceptors (Lipinski definition) is 19. The molecule has 22 heteroatoms. The van der Waals surface area contributed by atoms with E-state index in [0.29, 0.717) is 36.3 Å². The lowest BCUT2D eigenvalue weighted by molar-refractivity contribution is -0.171.